The minimum Gasteiger partial charge on any atom is -0.409 e. The smallest absolute Gasteiger partial charge is 0.409 e. The van der Waals surface area contributed by atoms with Crippen molar-refractivity contribution in [3.8, 4) is 0 Å². The molecule has 0 N–H and O–H groups in total. The van der Waals surface area contributed by atoms with Crippen molar-refractivity contribution in [2.75, 3.05) is 13.2 Å². The van der Waals surface area contributed by atoms with Crippen LogP contribution in [-0.4, -0.2) is 20.3 Å². The molecule has 0 amide bonds. The van der Waals surface area contributed by atoms with Gasteiger partial charge in [0.15, 0.2) is 0 Å². The summed E-state index contributed by atoms with van der Waals surface area (Å²) in [6.45, 7) is 5.70. The third kappa shape index (κ3) is 2.37. The number of benzene rings is 1. The van der Waals surface area contributed by atoms with Gasteiger partial charge in [-0.15, -0.1) is 0 Å². The van der Waals surface area contributed by atoms with E-state index >= 15 is 0 Å². The Bertz CT molecular complexity index is 299. The van der Waals surface area contributed by atoms with Crippen molar-refractivity contribution in [3.05, 3.63) is 34.9 Å². The molecular weight excluding hydrogens is 175 g/mol. The monoisotopic (exact) mass is 190 g/mol. The number of hydrogen-bond donors (Lipinski definition) is 0. The molecule has 0 spiro atoms. The predicted molar refractivity (Wildman–Crippen MR) is 57.3 cm³/mol. The zero-order valence-electron chi connectivity index (χ0n) is 8.75. The van der Waals surface area contributed by atoms with Crippen molar-refractivity contribution in [2.45, 2.75) is 20.2 Å². The summed E-state index contributed by atoms with van der Waals surface area (Å²) in [6, 6.07) is 6.57. The van der Waals surface area contributed by atoms with Gasteiger partial charge >= 0.3 is 7.12 Å². The topological polar surface area (TPSA) is 18.5 Å². The lowest BCUT2D eigenvalue weighted by molar-refractivity contribution is 0.365. The van der Waals surface area contributed by atoms with Gasteiger partial charge in [-0.25, -0.2) is 0 Å². The second-order valence-electron chi connectivity index (χ2n) is 3.87. The lowest BCUT2D eigenvalue weighted by Crippen LogP contribution is -2.18. The molecule has 0 unspecified atom stereocenters. The van der Waals surface area contributed by atoms with Crippen LogP contribution < -0.4 is 0 Å². The zero-order chi connectivity index (χ0) is 9.97. The maximum absolute atomic E-state index is 5.41. The van der Waals surface area contributed by atoms with E-state index in [0.29, 0.717) is 0 Å². The molecule has 0 bridgehead atoms. The largest absolute Gasteiger partial charge is 0.461 e. The fourth-order valence-corrected chi connectivity index (χ4v) is 1.90. The molecule has 1 heterocycles. The summed E-state index contributed by atoms with van der Waals surface area (Å²) < 4.78 is 10.8. The maximum atomic E-state index is 5.41. The third-order valence-electron chi connectivity index (χ3n) is 2.37. The molecule has 0 aromatic heterocycles. The van der Waals surface area contributed by atoms with Crippen molar-refractivity contribution in [2.24, 2.45) is 0 Å². The summed E-state index contributed by atoms with van der Waals surface area (Å²) >= 11 is 0. The number of hydrogen-bond acceptors (Lipinski definition) is 2. The lowest BCUT2D eigenvalue weighted by atomic mass is 9.80. The first-order valence-electron chi connectivity index (χ1n) is 5.04. The molecule has 1 aromatic rings. The Kier molecular flexibility index (Phi) is 2.89. The van der Waals surface area contributed by atoms with E-state index in [0.717, 1.165) is 19.5 Å². The molecule has 2 nitrogen and oxygen atoms in total. The van der Waals surface area contributed by atoms with Crippen molar-refractivity contribution in [1.29, 1.82) is 0 Å². The molecule has 0 saturated carbocycles. The van der Waals surface area contributed by atoms with Gasteiger partial charge in [-0.05, 0) is 19.4 Å². The van der Waals surface area contributed by atoms with Gasteiger partial charge in [-0.3, -0.25) is 0 Å². The Labute approximate surface area is 85.4 Å². The van der Waals surface area contributed by atoms with Crippen molar-refractivity contribution in [1.82, 2.24) is 0 Å². The third-order valence-corrected chi connectivity index (χ3v) is 2.37. The molecule has 1 aliphatic rings. The van der Waals surface area contributed by atoms with Gasteiger partial charge in [0.25, 0.3) is 0 Å². The van der Waals surface area contributed by atoms with Gasteiger partial charge in [0.05, 0.1) is 13.2 Å². The summed E-state index contributed by atoms with van der Waals surface area (Å²) in [5.41, 5.74) is 3.91. The predicted octanol–water partition coefficient (Wildman–Crippen LogP) is 1.92. The molecule has 1 aromatic carbocycles. The Morgan fingerprint density at radius 2 is 1.64 bits per heavy atom. The van der Waals surface area contributed by atoms with E-state index in [9.17, 15) is 0 Å². The van der Waals surface area contributed by atoms with Gasteiger partial charge in [-0.2, -0.15) is 0 Å². The van der Waals surface area contributed by atoms with Crippen LogP contribution >= 0.6 is 0 Å². The number of rotatable bonds is 2. The summed E-state index contributed by atoms with van der Waals surface area (Å²) in [5.74, 6) is 0. The molecule has 2 rings (SSSR count). The molecule has 0 radical (unpaired) electrons. The highest BCUT2D eigenvalue weighted by Gasteiger charge is 2.23. The van der Waals surface area contributed by atoms with Gasteiger partial charge in [-0.1, -0.05) is 29.3 Å². The summed E-state index contributed by atoms with van der Waals surface area (Å²) in [6.07, 6.45) is 0.864. The van der Waals surface area contributed by atoms with Crippen LogP contribution in [0.4, 0.5) is 0 Å². The van der Waals surface area contributed by atoms with Crippen molar-refractivity contribution >= 4 is 7.12 Å². The van der Waals surface area contributed by atoms with Crippen LogP contribution in [0.1, 0.15) is 16.7 Å². The Morgan fingerprint density at radius 3 is 2.21 bits per heavy atom. The van der Waals surface area contributed by atoms with Crippen molar-refractivity contribution < 1.29 is 9.31 Å². The Hall–Kier alpha value is -0.795. The minimum absolute atomic E-state index is 0.0313. The van der Waals surface area contributed by atoms with E-state index in [1.54, 1.807) is 0 Å². The molecule has 74 valence electrons. The van der Waals surface area contributed by atoms with Crippen molar-refractivity contribution in [3.63, 3.8) is 0 Å². The zero-order valence-corrected chi connectivity index (χ0v) is 8.75. The second-order valence-corrected chi connectivity index (χ2v) is 3.87. The van der Waals surface area contributed by atoms with Gasteiger partial charge in [0, 0.05) is 6.32 Å². The quantitative estimate of drug-likeness (QED) is 0.663. The number of aryl methyl sites for hydroxylation is 2. The summed E-state index contributed by atoms with van der Waals surface area (Å²) in [4.78, 5) is 0. The van der Waals surface area contributed by atoms with E-state index in [1.165, 1.54) is 16.7 Å². The van der Waals surface area contributed by atoms with E-state index in [4.69, 9.17) is 9.31 Å². The highest BCUT2D eigenvalue weighted by atomic mass is 16.6. The standard InChI is InChI=1S/C11H15BO2/c1-9-5-10(2)7-11(6-9)8-12-13-3-4-14-12/h5-7H,3-4,8H2,1-2H3. The fourth-order valence-electron chi connectivity index (χ4n) is 1.90. The van der Waals surface area contributed by atoms with Crippen LogP contribution in [0.5, 0.6) is 0 Å². The van der Waals surface area contributed by atoms with Crippen LogP contribution in [0.3, 0.4) is 0 Å². The normalized spacial score (nSPS) is 16.3. The van der Waals surface area contributed by atoms with Crippen LogP contribution in [0, 0.1) is 13.8 Å². The van der Waals surface area contributed by atoms with Gasteiger partial charge in [0.2, 0.25) is 0 Å². The van der Waals surface area contributed by atoms with Gasteiger partial charge < -0.3 is 9.31 Å². The second kappa shape index (κ2) is 4.15. The average Bonchev–Trinajstić information content (AvgIpc) is 2.54. The first-order chi connectivity index (χ1) is 6.74. The summed E-state index contributed by atoms with van der Waals surface area (Å²) in [5, 5.41) is 0. The van der Waals surface area contributed by atoms with Crippen LogP contribution in [0.25, 0.3) is 0 Å². The Balaban J connectivity index is 2.07. The van der Waals surface area contributed by atoms with Crippen LogP contribution in [0.15, 0.2) is 18.2 Å². The maximum Gasteiger partial charge on any atom is 0.461 e. The first kappa shape index (κ1) is 9.75. The van der Waals surface area contributed by atoms with Gasteiger partial charge in [0.1, 0.15) is 0 Å². The summed E-state index contributed by atoms with van der Waals surface area (Å²) in [7, 11) is -0.0313. The first-order valence-corrected chi connectivity index (χ1v) is 5.04. The van der Waals surface area contributed by atoms with E-state index < -0.39 is 0 Å². The molecule has 0 atom stereocenters. The molecule has 3 heteroatoms. The SMILES string of the molecule is Cc1cc(C)cc(CB2OCCO2)c1. The fraction of sp³-hybridized carbons (Fsp3) is 0.455. The van der Waals surface area contributed by atoms with E-state index in [2.05, 4.69) is 32.0 Å². The highest BCUT2D eigenvalue weighted by molar-refractivity contribution is 6.44. The highest BCUT2D eigenvalue weighted by Crippen LogP contribution is 2.12. The average molecular weight is 190 g/mol. The molecule has 1 aliphatic heterocycles. The Morgan fingerprint density at radius 1 is 1.07 bits per heavy atom. The van der Waals surface area contributed by atoms with Crippen LogP contribution in [0.2, 0.25) is 0 Å². The van der Waals surface area contributed by atoms with Crippen LogP contribution in [-0.2, 0) is 15.6 Å². The minimum atomic E-state index is -0.0313. The molecular formula is C11H15BO2. The molecule has 14 heavy (non-hydrogen) atoms. The van der Waals surface area contributed by atoms with E-state index in [1.807, 2.05) is 0 Å². The molecule has 1 saturated heterocycles. The molecule has 0 aliphatic carbocycles. The molecule has 1 fully saturated rings. The van der Waals surface area contributed by atoms with E-state index in [-0.39, 0.29) is 7.12 Å². The lowest BCUT2D eigenvalue weighted by Gasteiger charge is -2.06.